The lowest BCUT2D eigenvalue weighted by atomic mass is 10.1. The molecule has 2 heterocycles. The van der Waals surface area contributed by atoms with Crippen LogP contribution in [0.4, 0.5) is 0 Å². The van der Waals surface area contributed by atoms with E-state index in [-0.39, 0.29) is 0 Å². The molecule has 2 aromatic carbocycles. The Morgan fingerprint density at radius 1 is 1.04 bits per heavy atom. The predicted octanol–water partition coefficient (Wildman–Crippen LogP) is 4.92. The summed E-state index contributed by atoms with van der Waals surface area (Å²) in [6.45, 7) is 2.05. The Bertz CT molecular complexity index is 948. The average molecular weight is 375 g/mol. The minimum atomic E-state index is 0.593. The number of hydrogen-bond acceptors (Lipinski definition) is 4. The lowest BCUT2D eigenvalue weighted by molar-refractivity contribution is 0.762. The van der Waals surface area contributed by atoms with Crippen LogP contribution in [0.5, 0.6) is 0 Å². The first-order valence-corrected chi connectivity index (χ1v) is 9.04. The zero-order valence-corrected chi connectivity index (χ0v) is 15.0. The van der Waals surface area contributed by atoms with E-state index in [9.17, 15) is 0 Å². The highest BCUT2D eigenvalue weighted by atomic mass is 35.5. The molecule has 24 heavy (non-hydrogen) atoms. The maximum absolute atomic E-state index is 6.32. The Morgan fingerprint density at radius 2 is 1.83 bits per heavy atom. The van der Waals surface area contributed by atoms with Gasteiger partial charge in [0.2, 0.25) is 5.16 Å². The Balaban J connectivity index is 1.80. The SMILES string of the molecule is Cc1ccc(-c2nnc3n2N=C(c2ccc(Cl)cc2Cl)CS3)cc1. The second-order valence-electron chi connectivity index (χ2n) is 5.44. The average Bonchev–Trinajstić information content (AvgIpc) is 2.99. The van der Waals surface area contributed by atoms with Gasteiger partial charge in [0.1, 0.15) is 0 Å². The highest BCUT2D eigenvalue weighted by Crippen LogP contribution is 2.30. The van der Waals surface area contributed by atoms with E-state index >= 15 is 0 Å². The van der Waals surface area contributed by atoms with Crippen molar-refractivity contribution >= 4 is 40.7 Å². The van der Waals surface area contributed by atoms with Gasteiger partial charge in [0.15, 0.2) is 5.82 Å². The zero-order chi connectivity index (χ0) is 16.7. The molecule has 0 spiro atoms. The van der Waals surface area contributed by atoms with E-state index in [1.54, 1.807) is 22.5 Å². The normalized spacial score (nSPS) is 13.5. The van der Waals surface area contributed by atoms with Gasteiger partial charge in [0.25, 0.3) is 0 Å². The molecule has 1 aliphatic heterocycles. The van der Waals surface area contributed by atoms with Crippen LogP contribution in [0, 0.1) is 6.92 Å². The van der Waals surface area contributed by atoms with Crippen LogP contribution in [-0.4, -0.2) is 26.3 Å². The van der Waals surface area contributed by atoms with E-state index in [2.05, 4.69) is 17.1 Å². The number of nitrogens with zero attached hydrogens (tertiary/aromatic N) is 4. The summed E-state index contributed by atoms with van der Waals surface area (Å²) < 4.78 is 1.78. The van der Waals surface area contributed by atoms with Crippen molar-refractivity contribution in [2.24, 2.45) is 5.10 Å². The molecule has 1 aliphatic rings. The molecule has 3 aromatic rings. The molecule has 0 radical (unpaired) electrons. The molecule has 0 fully saturated rings. The third kappa shape index (κ3) is 2.83. The van der Waals surface area contributed by atoms with E-state index in [1.165, 1.54) is 5.56 Å². The standard InChI is InChI=1S/C17H12Cl2N4S/c1-10-2-4-11(5-3-10)16-20-21-17-23(16)22-15(9-24-17)13-7-6-12(18)8-14(13)19/h2-8H,9H2,1H3. The predicted molar refractivity (Wildman–Crippen MR) is 99.3 cm³/mol. The van der Waals surface area contributed by atoms with Crippen LogP contribution in [-0.2, 0) is 0 Å². The molecule has 120 valence electrons. The highest BCUT2D eigenvalue weighted by Gasteiger charge is 2.21. The molecule has 0 unspecified atom stereocenters. The first kappa shape index (κ1) is 15.7. The molecule has 0 atom stereocenters. The Labute approximate surface area is 153 Å². The number of hydrogen-bond donors (Lipinski definition) is 0. The van der Waals surface area contributed by atoms with Crippen molar-refractivity contribution in [2.75, 3.05) is 5.75 Å². The third-order valence-corrected chi connectivity index (χ3v) is 5.20. The molecule has 4 rings (SSSR count). The fourth-order valence-corrected chi connectivity index (χ4v) is 3.81. The number of fused-ring (bicyclic) bond motifs is 1. The second kappa shape index (κ2) is 6.24. The molecular weight excluding hydrogens is 363 g/mol. The van der Waals surface area contributed by atoms with Gasteiger partial charge in [0, 0.05) is 21.9 Å². The van der Waals surface area contributed by atoms with Gasteiger partial charge in [0.05, 0.1) is 10.7 Å². The molecule has 0 bridgehead atoms. The van der Waals surface area contributed by atoms with E-state index in [1.807, 2.05) is 36.4 Å². The van der Waals surface area contributed by atoms with Gasteiger partial charge in [-0.2, -0.15) is 9.78 Å². The highest BCUT2D eigenvalue weighted by molar-refractivity contribution is 7.99. The smallest absolute Gasteiger partial charge is 0.187 e. The summed E-state index contributed by atoms with van der Waals surface area (Å²) in [7, 11) is 0. The summed E-state index contributed by atoms with van der Waals surface area (Å²) >= 11 is 13.9. The molecule has 4 nitrogen and oxygen atoms in total. The van der Waals surface area contributed by atoms with E-state index in [0.717, 1.165) is 27.8 Å². The summed E-state index contributed by atoms with van der Waals surface area (Å²) in [6.07, 6.45) is 0. The van der Waals surface area contributed by atoms with Crippen LogP contribution in [0.3, 0.4) is 0 Å². The van der Waals surface area contributed by atoms with Crippen molar-refractivity contribution in [3.63, 3.8) is 0 Å². The molecule has 0 aliphatic carbocycles. The van der Waals surface area contributed by atoms with Crippen molar-refractivity contribution in [3.8, 4) is 11.4 Å². The lowest BCUT2D eigenvalue weighted by Crippen LogP contribution is -2.14. The van der Waals surface area contributed by atoms with E-state index in [0.29, 0.717) is 15.8 Å². The van der Waals surface area contributed by atoms with Crippen LogP contribution >= 0.6 is 35.0 Å². The number of halogens is 2. The van der Waals surface area contributed by atoms with Crippen molar-refractivity contribution in [2.45, 2.75) is 12.1 Å². The lowest BCUT2D eigenvalue weighted by Gasteiger charge is -2.15. The third-order valence-electron chi connectivity index (χ3n) is 3.72. The summed E-state index contributed by atoms with van der Waals surface area (Å²) in [4.78, 5) is 0. The molecule has 7 heteroatoms. The summed E-state index contributed by atoms with van der Waals surface area (Å²) in [6, 6.07) is 13.6. The van der Waals surface area contributed by atoms with Gasteiger partial charge >= 0.3 is 0 Å². The fourth-order valence-electron chi connectivity index (χ4n) is 2.47. The van der Waals surface area contributed by atoms with Crippen molar-refractivity contribution in [1.29, 1.82) is 0 Å². The van der Waals surface area contributed by atoms with E-state index in [4.69, 9.17) is 28.3 Å². The molecule has 0 amide bonds. The summed E-state index contributed by atoms with van der Waals surface area (Å²) in [5.74, 6) is 1.41. The zero-order valence-electron chi connectivity index (χ0n) is 12.7. The monoisotopic (exact) mass is 374 g/mol. The van der Waals surface area contributed by atoms with Gasteiger partial charge in [-0.3, -0.25) is 0 Å². The molecule has 0 saturated heterocycles. The second-order valence-corrected chi connectivity index (χ2v) is 7.23. The molecule has 0 N–H and O–H groups in total. The van der Waals surface area contributed by atoms with Crippen molar-refractivity contribution < 1.29 is 0 Å². The first-order valence-electron chi connectivity index (χ1n) is 7.30. The molecular formula is C17H12Cl2N4S. The number of aryl methyl sites for hydroxylation is 1. The Kier molecular flexibility index (Phi) is 4.08. The number of benzene rings is 2. The van der Waals surface area contributed by atoms with Gasteiger partial charge in [-0.15, -0.1) is 10.2 Å². The number of aromatic nitrogens is 3. The van der Waals surface area contributed by atoms with Gasteiger partial charge in [-0.25, -0.2) is 0 Å². The minimum Gasteiger partial charge on any atom is -0.187 e. The van der Waals surface area contributed by atoms with E-state index < -0.39 is 0 Å². The van der Waals surface area contributed by atoms with Gasteiger partial charge in [-0.1, -0.05) is 70.9 Å². The number of rotatable bonds is 2. The van der Waals surface area contributed by atoms with Crippen LogP contribution in [0.15, 0.2) is 52.7 Å². The molecule has 1 aromatic heterocycles. The van der Waals surface area contributed by atoms with Crippen LogP contribution in [0.1, 0.15) is 11.1 Å². The van der Waals surface area contributed by atoms with Gasteiger partial charge in [-0.05, 0) is 19.1 Å². The summed E-state index contributed by atoms with van der Waals surface area (Å²) in [5, 5.41) is 15.2. The van der Waals surface area contributed by atoms with Crippen LogP contribution in [0.25, 0.3) is 11.4 Å². The quantitative estimate of drug-likeness (QED) is 0.639. The Morgan fingerprint density at radius 3 is 2.58 bits per heavy atom. The largest absolute Gasteiger partial charge is 0.212 e. The summed E-state index contributed by atoms with van der Waals surface area (Å²) in [5.41, 5.74) is 3.93. The van der Waals surface area contributed by atoms with Crippen molar-refractivity contribution in [3.05, 3.63) is 63.6 Å². The fraction of sp³-hybridized carbons (Fsp3) is 0.118. The maximum Gasteiger partial charge on any atom is 0.212 e. The topological polar surface area (TPSA) is 43.1 Å². The van der Waals surface area contributed by atoms with Crippen molar-refractivity contribution in [1.82, 2.24) is 14.9 Å². The first-order chi connectivity index (χ1) is 11.6. The molecule has 0 saturated carbocycles. The number of thioether (sulfide) groups is 1. The van der Waals surface area contributed by atoms with Crippen LogP contribution in [0.2, 0.25) is 10.0 Å². The maximum atomic E-state index is 6.32. The Hall–Kier alpha value is -1.82. The van der Waals surface area contributed by atoms with Gasteiger partial charge < -0.3 is 0 Å². The van der Waals surface area contributed by atoms with Crippen LogP contribution < -0.4 is 0 Å². The minimum absolute atomic E-state index is 0.593.